The monoisotopic (exact) mass is 165 g/mol. The molecule has 62 valence electrons. The minimum Gasteiger partial charge on any atom is -0.363 e. The summed E-state index contributed by atoms with van der Waals surface area (Å²) in [5.41, 5.74) is 5.67. The molecule has 0 saturated heterocycles. The molecule has 0 aliphatic rings. The van der Waals surface area contributed by atoms with Crippen molar-refractivity contribution in [1.82, 2.24) is 0 Å². The Hall–Kier alpha value is 0.0569. The summed E-state index contributed by atoms with van der Waals surface area (Å²) in [5.74, 6) is 0. The first kappa shape index (κ1) is 10.1. The minimum atomic E-state index is -0.747. The largest absolute Gasteiger partial charge is 0.363 e. The first-order valence-corrected chi connectivity index (χ1v) is 3.98. The highest BCUT2D eigenvalue weighted by Crippen LogP contribution is 2.06. The van der Waals surface area contributed by atoms with Gasteiger partial charge in [0.1, 0.15) is 5.35 Å². The summed E-state index contributed by atoms with van der Waals surface area (Å²) in [6, 6.07) is 0. The molecule has 0 bridgehead atoms. The molecule has 1 unspecified atom stereocenters. The number of hydrogen-bond donors (Lipinski definition) is 1. The third-order valence-corrected chi connectivity index (χ3v) is 2.22. The molecule has 0 amide bonds. The Kier molecular flexibility index (Phi) is 4.07. The maximum Gasteiger partial charge on any atom is 0.194 e. The van der Waals surface area contributed by atoms with Crippen LogP contribution in [0.2, 0.25) is 0 Å². The van der Waals surface area contributed by atoms with Gasteiger partial charge in [0.2, 0.25) is 0 Å². The molecule has 0 aliphatic heterocycles. The van der Waals surface area contributed by atoms with Crippen molar-refractivity contribution in [3.63, 3.8) is 0 Å². The Morgan fingerprint density at radius 2 is 1.70 bits per heavy atom. The van der Waals surface area contributed by atoms with Crippen molar-refractivity contribution >= 4 is 10.2 Å². The molecule has 0 fully saturated rings. The van der Waals surface area contributed by atoms with E-state index in [2.05, 4.69) is 0 Å². The summed E-state index contributed by atoms with van der Waals surface area (Å²) < 4.78 is 14.8. The van der Waals surface area contributed by atoms with E-state index in [0.717, 1.165) is 0 Å². The SMILES string of the molecule is COC(OC)C(N)([SiH3])OC. The summed E-state index contributed by atoms with van der Waals surface area (Å²) in [6.07, 6.45) is -0.468. The summed E-state index contributed by atoms with van der Waals surface area (Å²) in [6.45, 7) is 0. The van der Waals surface area contributed by atoms with Crippen molar-refractivity contribution in [3.05, 3.63) is 0 Å². The van der Waals surface area contributed by atoms with Crippen LogP contribution in [0.25, 0.3) is 0 Å². The van der Waals surface area contributed by atoms with E-state index in [1.165, 1.54) is 21.3 Å². The van der Waals surface area contributed by atoms with Gasteiger partial charge in [-0.1, -0.05) is 0 Å². The maximum atomic E-state index is 5.67. The van der Waals surface area contributed by atoms with Gasteiger partial charge < -0.3 is 19.9 Å². The molecule has 0 radical (unpaired) electrons. The van der Waals surface area contributed by atoms with Gasteiger partial charge >= 0.3 is 0 Å². The zero-order valence-corrected chi connectivity index (χ0v) is 8.88. The highest BCUT2D eigenvalue weighted by atomic mass is 28.1. The van der Waals surface area contributed by atoms with Crippen LogP contribution in [-0.2, 0) is 14.2 Å². The number of hydrogen-bond acceptors (Lipinski definition) is 4. The molecule has 0 aromatic carbocycles. The summed E-state index contributed by atoms with van der Waals surface area (Å²) in [4.78, 5) is 0. The standard InChI is InChI=1S/C5H15NO3Si/c1-7-4(8-2)5(6,10)9-3/h4H,6H2,1-3,10H3. The second-order valence-corrected chi connectivity index (χ2v) is 3.75. The average Bonchev–Trinajstić information content (AvgIpc) is 1.90. The highest BCUT2D eigenvalue weighted by molar-refractivity contribution is 6.14. The Labute approximate surface area is 64.1 Å². The van der Waals surface area contributed by atoms with Crippen molar-refractivity contribution in [2.75, 3.05) is 21.3 Å². The van der Waals surface area contributed by atoms with Crippen LogP contribution in [0, 0.1) is 0 Å². The predicted octanol–water partition coefficient (Wildman–Crippen LogP) is -1.77. The molecule has 0 aliphatic carbocycles. The second-order valence-electron chi connectivity index (χ2n) is 2.19. The lowest BCUT2D eigenvalue weighted by molar-refractivity contribution is -0.189. The van der Waals surface area contributed by atoms with E-state index in [0.29, 0.717) is 10.2 Å². The lowest BCUT2D eigenvalue weighted by Gasteiger charge is -2.30. The van der Waals surface area contributed by atoms with Gasteiger partial charge in [0.25, 0.3) is 0 Å². The number of rotatable bonds is 4. The molecule has 0 saturated carbocycles. The Morgan fingerprint density at radius 1 is 1.30 bits per heavy atom. The van der Waals surface area contributed by atoms with Gasteiger partial charge in [-0.25, -0.2) is 0 Å². The van der Waals surface area contributed by atoms with Crippen molar-refractivity contribution < 1.29 is 14.2 Å². The molecule has 2 N–H and O–H groups in total. The van der Waals surface area contributed by atoms with E-state index in [-0.39, 0.29) is 0 Å². The van der Waals surface area contributed by atoms with Crippen LogP contribution < -0.4 is 5.73 Å². The fourth-order valence-corrected chi connectivity index (χ4v) is 1.13. The Bertz CT molecular complexity index is 94.9. The third kappa shape index (κ3) is 2.35. The van der Waals surface area contributed by atoms with E-state index in [9.17, 15) is 0 Å². The summed E-state index contributed by atoms with van der Waals surface area (Å²) >= 11 is 0. The van der Waals surface area contributed by atoms with Crippen LogP contribution >= 0.6 is 0 Å². The van der Waals surface area contributed by atoms with E-state index in [4.69, 9.17) is 19.9 Å². The topological polar surface area (TPSA) is 53.7 Å². The highest BCUT2D eigenvalue weighted by Gasteiger charge is 2.29. The van der Waals surface area contributed by atoms with Crippen LogP contribution in [0.4, 0.5) is 0 Å². The zero-order valence-electron chi connectivity index (χ0n) is 6.88. The van der Waals surface area contributed by atoms with Gasteiger partial charge in [-0.05, 0) is 0 Å². The molecular formula is C5H15NO3Si. The van der Waals surface area contributed by atoms with Gasteiger partial charge in [-0.3, -0.25) is 0 Å². The Balaban J connectivity index is 3.97. The van der Waals surface area contributed by atoms with E-state index < -0.39 is 11.6 Å². The van der Waals surface area contributed by atoms with Crippen LogP contribution in [0.3, 0.4) is 0 Å². The number of ether oxygens (including phenoxy) is 3. The number of methoxy groups -OCH3 is 3. The predicted molar refractivity (Wildman–Crippen MR) is 41.7 cm³/mol. The summed E-state index contributed by atoms with van der Waals surface area (Å²) in [5, 5.41) is -0.747. The van der Waals surface area contributed by atoms with Crippen molar-refractivity contribution in [1.29, 1.82) is 0 Å². The van der Waals surface area contributed by atoms with Crippen LogP contribution in [0.15, 0.2) is 0 Å². The number of nitrogens with two attached hydrogens (primary N) is 1. The van der Waals surface area contributed by atoms with Crippen molar-refractivity contribution in [3.8, 4) is 0 Å². The first-order valence-electron chi connectivity index (χ1n) is 2.98. The van der Waals surface area contributed by atoms with Gasteiger partial charge in [-0.2, -0.15) is 0 Å². The van der Waals surface area contributed by atoms with Gasteiger partial charge in [0.05, 0.1) is 10.2 Å². The maximum absolute atomic E-state index is 5.67. The molecule has 0 rings (SSSR count). The molecule has 0 aromatic rings. The summed E-state index contributed by atoms with van der Waals surface area (Å²) in [7, 11) is 5.27. The van der Waals surface area contributed by atoms with E-state index in [1.807, 2.05) is 0 Å². The molecule has 1 atom stereocenters. The van der Waals surface area contributed by atoms with Crippen LogP contribution in [-0.4, -0.2) is 43.2 Å². The lowest BCUT2D eigenvalue weighted by atomic mass is 10.5. The normalized spacial score (nSPS) is 17.7. The van der Waals surface area contributed by atoms with Crippen molar-refractivity contribution in [2.24, 2.45) is 5.73 Å². The van der Waals surface area contributed by atoms with Crippen LogP contribution in [0.5, 0.6) is 0 Å². The molecule has 0 aromatic heterocycles. The van der Waals surface area contributed by atoms with Crippen molar-refractivity contribution in [2.45, 2.75) is 11.6 Å². The molecule has 5 heteroatoms. The smallest absolute Gasteiger partial charge is 0.194 e. The minimum absolute atomic E-state index is 0.468. The fraction of sp³-hybridized carbons (Fsp3) is 1.00. The average molecular weight is 165 g/mol. The first-order chi connectivity index (χ1) is 4.58. The van der Waals surface area contributed by atoms with E-state index in [1.54, 1.807) is 0 Å². The molecule has 10 heavy (non-hydrogen) atoms. The van der Waals surface area contributed by atoms with E-state index >= 15 is 0 Å². The van der Waals surface area contributed by atoms with Gasteiger partial charge in [0, 0.05) is 21.3 Å². The van der Waals surface area contributed by atoms with Gasteiger partial charge in [-0.15, -0.1) is 0 Å². The van der Waals surface area contributed by atoms with Gasteiger partial charge in [0.15, 0.2) is 6.29 Å². The lowest BCUT2D eigenvalue weighted by Crippen LogP contribution is -2.54. The molecule has 4 nitrogen and oxygen atoms in total. The fourth-order valence-electron chi connectivity index (χ4n) is 0.660. The Morgan fingerprint density at radius 3 is 1.80 bits per heavy atom. The molecule has 0 spiro atoms. The molecular weight excluding hydrogens is 150 g/mol. The zero-order chi connectivity index (χ0) is 8.20. The quantitative estimate of drug-likeness (QED) is 0.396. The van der Waals surface area contributed by atoms with Crippen LogP contribution in [0.1, 0.15) is 0 Å². The second kappa shape index (κ2) is 4.04. The molecule has 0 heterocycles. The third-order valence-electron chi connectivity index (χ3n) is 1.34.